The van der Waals surface area contributed by atoms with Crippen molar-refractivity contribution in [1.82, 2.24) is 31.5 Å². The van der Waals surface area contributed by atoms with Gasteiger partial charge in [-0.1, -0.05) is 63.3 Å². The maximum Gasteiger partial charge on any atom is 0.330 e. The zero-order chi connectivity index (χ0) is 34.1. The van der Waals surface area contributed by atoms with Gasteiger partial charge in [-0.05, 0) is 48.3 Å². The Bertz CT molecular complexity index is 1470. The Balaban J connectivity index is 1.33. The van der Waals surface area contributed by atoms with Gasteiger partial charge in [0.1, 0.15) is 23.1 Å². The number of hydrogen-bond donors (Lipinski definition) is 8. The van der Waals surface area contributed by atoms with Crippen LogP contribution in [-0.4, -0.2) is 80.7 Å². The number of aliphatic carboxylic acids is 1. The first-order valence-electron chi connectivity index (χ1n) is 16.1. The van der Waals surface area contributed by atoms with E-state index in [4.69, 9.17) is 0 Å². The van der Waals surface area contributed by atoms with E-state index in [1.165, 1.54) is 11.0 Å². The highest BCUT2D eigenvalue weighted by atomic mass is 32.1. The van der Waals surface area contributed by atoms with Crippen LogP contribution in [0.5, 0.6) is 0 Å². The van der Waals surface area contributed by atoms with Crippen molar-refractivity contribution in [2.75, 3.05) is 6.54 Å². The molecule has 1 aromatic carbocycles. The molecule has 8 atom stereocenters. The molecule has 4 amide bonds. The normalized spacial score (nSPS) is 29.2. The van der Waals surface area contributed by atoms with E-state index >= 15 is 0 Å². The van der Waals surface area contributed by atoms with Crippen molar-refractivity contribution in [2.45, 2.75) is 94.2 Å². The lowest BCUT2D eigenvalue weighted by atomic mass is 9.86. The highest BCUT2D eigenvalue weighted by Gasteiger charge is 2.61. The number of benzene rings is 1. The van der Waals surface area contributed by atoms with Crippen molar-refractivity contribution in [2.24, 2.45) is 11.3 Å². The van der Waals surface area contributed by atoms with E-state index in [9.17, 15) is 29.4 Å². The van der Waals surface area contributed by atoms with Gasteiger partial charge in [-0.2, -0.15) is 0 Å². The molecule has 254 valence electrons. The molecular formula is C34H46N6O6S. The van der Waals surface area contributed by atoms with Crippen molar-refractivity contribution < 1.29 is 29.4 Å². The largest absolute Gasteiger partial charge is 0.479 e. The van der Waals surface area contributed by atoms with Gasteiger partial charge in [-0.15, -0.1) is 19.2 Å². The summed E-state index contributed by atoms with van der Waals surface area (Å²) < 4.78 is 0. The van der Waals surface area contributed by atoms with Crippen molar-refractivity contribution in [3.63, 3.8) is 0 Å². The van der Waals surface area contributed by atoms with E-state index in [0.29, 0.717) is 6.42 Å². The lowest BCUT2D eigenvalue weighted by Crippen LogP contribution is -2.60. The molecule has 3 aliphatic carbocycles. The minimum absolute atomic E-state index is 0.107. The average Bonchev–Trinajstić information content (AvgIpc) is 3.43. The number of carboxylic acids is 1. The minimum Gasteiger partial charge on any atom is -0.479 e. The van der Waals surface area contributed by atoms with Gasteiger partial charge in [0.2, 0.25) is 11.8 Å². The van der Waals surface area contributed by atoms with Crippen LogP contribution in [0.15, 0.2) is 60.8 Å². The van der Waals surface area contributed by atoms with Gasteiger partial charge in [0.25, 0.3) is 0 Å². The van der Waals surface area contributed by atoms with E-state index in [1.54, 1.807) is 0 Å². The number of nitrogens with zero attached hydrogens (tertiary/aromatic N) is 1. The molecular weight excluding hydrogens is 620 g/mol. The molecule has 1 saturated carbocycles. The molecule has 1 heterocycles. The molecule has 0 aromatic heterocycles. The van der Waals surface area contributed by atoms with Crippen molar-refractivity contribution in [1.29, 1.82) is 0 Å². The third-order valence-corrected chi connectivity index (χ3v) is 9.76. The predicted octanol–water partition coefficient (Wildman–Crippen LogP) is 2.10. The molecule has 12 nitrogen and oxygen atoms in total. The molecule has 0 bridgehead atoms. The van der Waals surface area contributed by atoms with Crippen LogP contribution >= 0.6 is 12.6 Å². The number of fused-ring (bicyclic) bond motifs is 1. The van der Waals surface area contributed by atoms with Gasteiger partial charge in [0, 0.05) is 30.6 Å². The van der Waals surface area contributed by atoms with Crippen LogP contribution in [0.2, 0.25) is 0 Å². The molecule has 5 rings (SSSR count). The van der Waals surface area contributed by atoms with E-state index in [1.807, 2.05) is 51.1 Å². The first-order chi connectivity index (χ1) is 22.2. The fourth-order valence-corrected chi connectivity index (χ4v) is 7.12. The Morgan fingerprint density at radius 2 is 1.91 bits per heavy atom. The quantitative estimate of drug-likeness (QED) is 0.101. The first-order valence-corrected chi connectivity index (χ1v) is 16.6. The van der Waals surface area contributed by atoms with Gasteiger partial charge in [-0.3, -0.25) is 14.9 Å². The second-order valence-corrected chi connectivity index (χ2v) is 14.5. The third kappa shape index (κ3) is 7.52. The summed E-state index contributed by atoms with van der Waals surface area (Å²) in [6.45, 7) is 9.25. The summed E-state index contributed by atoms with van der Waals surface area (Å²) in [5.41, 5.74) is -0.00496. The molecule has 2 fully saturated rings. The maximum atomic E-state index is 14.0. The smallest absolute Gasteiger partial charge is 0.330 e. The standard InChI is InChI=1S/C34H46N6O6S/c1-5-20-17-34(20,30(44)45)39-28(42)24-16-22(36-31(47)35-21-12-7-6-8-13-21)18-40(24)32(46)38-27(33(2,3)4)29(43)37-26-23-14-10-9-11-19(23)15-25(26)41/h5,7,9-14,20,22,24-27,31,35-36,41,47H,1,6,8,15-18H2,2-4H3,(H,37,43)(H,38,46)(H,39,42)(H,44,45)/t20?,22-,24+,25-,26?,27-,31?,34-/m1/s1. The Morgan fingerprint density at radius 1 is 1.17 bits per heavy atom. The van der Waals surface area contributed by atoms with Gasteiger partial charge in [0.05, 0.1) is 12.1 Å². The number of thiol groups is 1. The van der Waals surface area contributed by atoms with Gasteiger partial charge < -0.3 is 36.4 Å². The molecule has 7 N–H and O–H groups in total. The van der Waals surface area contributed by atoms with Crippen molar-refractivity contribution in [3.8, 4) is 0 Å². The molecule has 1 aliphatic heterocycles. The fraction of sp³-hybridized carbons (Fsp3) is 0.529. The second kappa shape index (κ2) is 13.7. The number of carboxylic acid groups (broad SMARTS) is 1. The predicted molar refractivity (Wildman–Crippen MR) is 180 cm³/mol. The van der Waals surface area contributed by atoms with Crippen LogP contribution in [0.3, 0.4) is 0 Å². The van der Waals surface area contributed by atoms with Crippen molar-refractivity contribution >= 4 is 36.4 Å². The van der Waals surface area contributed by atoms with Crippen LogP contribution in [0.25, 0.3) is 0 Å². The number of urea groups is 1. The number of aliphatic hydroxyl groups is 1. The number of likely N-dealkylation sites (tertiary alicyclic amines) is 1. The lowest BCUT2D eigenvalue weighted by molar-refractivity contribution is -0.144. The number of nitrogens with one attached hydrogen (secondary N) is 5. The summed E-state index contributed by atoms with van der Waals surface area (Å²) in [4.78, 5) is 54.9. The molecule has 0 radical (unpaired) electrons. The summed E-state index contributed by atoms with van der Waals surface area (Å²) in [5.74, 6) is -2.64. The highest BCUT2D eigenvalue weighted by molar-refractivity contribution is 7.80. The average molecular weight is 667 g/mol. The zero-order valence-electron chi connectivity index (χ0n) is 27.0. The summed E-state index contributed by atoms with van der Waals surface area (Å²) in [7, 11) is 0. The molecule has 1 saturated heterocycles. The number of allylic oxidation sites excluding steroid dienone is 3. The molecule has 4 aliphatic rings. The van der Waals surface area contributed by atoms with E-state index in [2.05, 4.69) is 57.9 Å². The summed E-state index contributed by atoms with van der Waals surface area (Å²) in [5, 5.41) is 35.7. The van der Waals surface area contributed by atoms with Gasteiger partial charge in [0.15, 0.2) is 0 Å². The SMILES string of the molecule is C=CC1C[C@]1(NC(=O)[C@@H]1C[C@@H](NC(S)NC2=CCCC=C2)CN1C(=O)N[C@H](C(=O)NC1c2ccccc2C[C@H]1O)C(C)(C)C)C(=O)O. The monoisotopic (exact) mass is 666 g/mol. The van der Waals surface area contributed by atoms with Crippen LogP contribution < -0.4 is 26.6 Å². The number of rotatable bonds is 11. The van der Waals surface area contributed by atoms with E-state index in [-0.39, 0.29) is 25.4 Å². The Labute approximate surface area is 280 Å². The minimum atomic E-state index is -1.47. The second-order valence-electron chi connectivity index (χ2n) is 14.0. The fourth-order valence-electron chi connectivity index (χ4n) is 6.76. The number of carbonyl (C=O) groups excluding carboxylic acids is 3. The van der Waals surface area contributed by atoms with Crippen LogP contribution in [0.1, 0.15) is 63.6 Å². The Kier molecular flexibility index (Phi) is 10.1. The highest BCUT2D eigenvalue weighted by Crippen LogP contribution is 2.45. The Hall–Kier alpha value is -3.81. The van der Waals surface area contributed by atoms with E-state index < -0.39 is 70.4 Å². The number of carbonyl (C=O) groups is 4. The molecule has 1 aromatic rings. The summed E-state index contributed by atoms with van der Waals surface area (Å²) >= 11 is 4.63. The topological polar surface area (TPSA) is 172 Å². The van der Waals surface area contributed by atoms with Crippen LogP contribution in [0, 0.1) is 11.3 Å². The maximum absolute atomic E-state index is 14.0. The number of amides is 4. The van der Waals surface area contributed by atoms with Gasteiger partial charge in [-0.25, -0.2) is 9.59 Å². The Morgan fingerprint density at radius 3 is 2.55 bits per heavy atom. The zero-order valence-corrected chi connectivity index (χ0v) is 27.9. The molecule has 13 heteroatoms. The van der Waals surface area contributed by atoms with Gasteiger partial charge >= 0.3 is 12.0 Å². The van der Waals surface area contributed by atoms with E-state index in [0.717, 1.165) is 29.7 Å². The van der Waals surface area contributed by atoms with Crippen molar-refractivity contribution in [3.05, 3.63) is 72.0 Å². The van der Waals surface area contributed by atoms with Crippen LogP contribution in [-0.2, 0) is 20.8 Å². The third-order valence-electron chi connectivity index (χ3n) is 9.48. The number of hydrogen-bond acceptors (Lipinski definition) is 8. The van der Waals surface area contributed by atoms with Crippen LogP contribution in [0.4, 0.5) is 4.79 Å². The number of aliphatic hydroxyl groups excluding tert-OH is 1. The lowest BCUT2D eigenvalue weighted by Gasteiger charge is -2.34. The molecule has 0 spiro atoms. The first kappa shape index (κ1) is 34.5. The molecule has 3 unspecified atom stereocenters. The summed E-state index contributed by atoms with van der Waals surface area (Å²) in [6, 6.07) is 3.84. The molecule has 47 heavy (non-hydrogen) atoms. The summed E-state index contributed by atoms with van der Waals surface area (Å²) in [6.07, 6.45) is 9.48.